The van der Waals surface area contributed by atoms with Gasteiger partial charge >= 0.3 is 0 Å². The predicted molar refractivity (Wildman–Crippen MR) is 42.2 cm³/mol. The van der Waals surface area contributed by atoms with Crippen LogP contribution in [0.25, 0.3) is 5.57 Å². The van der Waals surface area contributed by atoms with E-state index in [1.807, 2.05) is 0 Å². The summed E-state index contributed by atoms with van der Waals surface area (Å²) in [5.74, 6) is -0.388. The van der Waals surface area contributed by atoms with Crippen molar-refractivity contribution in [2.75, 3.05) is 0 Å². The maximum absolute atomic E-state index is 13.0. The Morgan fingerprint density at radius 1 is 1.42 bits per heavy atom. The number of para-hydroxylation sites is 1. The Labute approximate surface area is 68.7 Å². The van der Waals surface area contributed by atoms with Gasteiger partial charge in [-0.1, -0.05) is 12.1 Å². The van der Waals surface area contributed by atoms with Crippen LogP contribution in [0.15, 0.2) is 24.4 Å². The van der Waals surface area contributed by atoms with Crippen LogP contribution in [0.3, 0.4) is 0 Å². The van der Waals surface area contributed by atoms with Gasteiger partial charge in [-0.15, -0.1) is 0 Å². The maximum Gasteiger partial charge on any atom is 0.152 e. The summed E-state index contributed by atoms with van der Waals surface area (Å²) in [7, 11) is 0. The zero-order valence-electron chi connectivity index (χ0n) is 6.12. The number of fused-ring (bicyclic) bond motifs is 1. The fraction of sp³-hybridized carbons (Fsp3) is 0. The van der Waals surface area contributed by atoms with Gasteiger partial charge in [-0.05, 0) is 6.07 Å². The van der Waals surface area contributed by atoms with Crippen molar-refractivity contribution in [1.29, 1.82) is 0 Å². The Bertz CT molecular complexity index is 371. The van der Waals surface area contributed by atoms with Crippen molar-refractivity contribution in [1.82, 2.24) is 5.32 Å². The summed E-state index contributed by atoms with van der Waals surface area (Å²) in [6, 6.07) is 4.56. The minimum absolute atomic E-state index is 0.264. The van der Waals surface area contributed by atoms with Crippen molar-refractivity contribution in [3.63, 3.8) is 0 Å². The van der Waals surface area contributed by atoms with Crippen molar-refractivity contribution < 1.29 is 9.18 Å². The van der Waals surface area contributed by atoms with Gasteiger partial charge in [-0.2, -0.15) is 0 Å². The average molecular weight is 162 g/mol. The predicted octanol–water partition coefficient (Wildman–Crippen LogP) is 1.61. The summed E-state index contributed by atoms with van der Waals surface area (Å²) in [5, 5.41) is 3.78. The molecule has 0 bridgehead atoms. The van der Waals surface area contributed by atoms with Crippen LogP contribution in [0.2, 0.25) is 0 Å². The van der Waals surface area contributed by atoms with Crippen LogP contribution in [0.4, 0.5) is 10.1 Å². The van der Waals surface area contributed by atoms with E-state index in [1.54, 1.807) is 12.1 Å². The highest BCUT2D eigenvalue weighted by molar-refractivity contribution is 6.10. The quantitative estimate of drug-likeness (QED) is 0.577. The van der Waals surface area contributed by atoms with E-state index in [-0.39, 0.29) is 11.5 Å². The highest BCUT2D eigenvalue weighted by atomic mass is 19.1. The first-order chi connectivity index (χ1) is 5.83. The molecule has 0 aromatic heterocycles. The highest BCUT2D eigenvalue weighted by Gasteiger charge is 2.17. The molecule has 2 nitrogen and oxygen atoms in total. The number of rotatable bonds is 1. The van der Waals surface area contributed by atoms with Crippen molar-refractivity contribution in [2.24, 2.45) is 0 Å². The third-order valence-corrected chi connectivity index (χ3v) is 1.76. The first-order valence-electron chi connectivity index (χ1n) is 3.48. The van der Waals surface area contributed by atoms with Crippen molar-refractivity contribution in [3.8, 4) is 0 Å². The lowest BCUT2D eigenvalue weighted by Gasteiger charge is -1.98. The van der Waals surface area contributed by atoms with Crippen LogP contribution in [-0.2, 0) is 4.79 Å². The van der Waals surface area contributed by atoms with E-state index >= 15 is 0 Å². The molecule has 1 aliphatic rings. The zero-order valence-corrected chi connectivity index (χ0v) is 6.12. The summed E-state index contributed by atoms with van der Waals surface area (Å²) in [4.78, 5) is 10.4. The third-order valence-electron chi connectivity index (χ3n) is 1.76. The van der Waals surface area contributed by atoms with Gasteiger partial charge in [0.1, 0.15) is 11.5 Å². The van der Waals surface area contributed by atoms with Gasteiger partial charge in [-0.3, -0.25) is 10.1 Å². The summed E-state index contributed by atoms with van der Waals surface area (Å²) < 4.78 is 13.0. The van der Waals surface area contributed by atoms with Gasteiger partial charge in [0.15, 0.2) is 6.29 Å². The molecule has 1 aromatic carbocycles. The molecule has 0 unspecified atom stereocenters. The number of carbonyl (C=O) groups is 1. The van der Waals surface area contributed by atoms with Crippen LogP contribution in [0.5, 0.6) is 0 Å². The maximum atomic E-state index is 13.0. The fourth-order valence-electron chi connectivity index (χ4n) is 1.18. The van der Waals surface area contributed by atoms with E-state index in [2.05, 4.69) is 5.32 Å². The topological polar surface area (TPSA) is 31.2 Å². The molecule has 1 heterocycles. The average Bonchev–Trinajstić information content (AvgIpc) is 2.49. The third kappa shape index (κ3) is 0.830. The van der Waals surface area contributed by atoms with Crippen molar-refractivity contribution in [2.45, 2.75) is 0 Å². The number of halogens is 1. The molecule has 0 spiro atoms. The lowest BCUT2D eigenvalue weighted by molar-refractivity contribution is -0.103. The number of nitrogens with zero attached hydrogens (tertiary/aromatic N) is 1. The van der Waals surface area contributed by atoms with Gasteiger partial charge in [0.2, 0.25) is 0 Å². The standard InChI is InChI=1S/C9H5FNO/c10-8-3-1-2-7-6(5-12)4-11-9(7)8/h1-5H. The molecule has 12 heavy (non-hydrogen) atoms. The van der Waals surface area contributed by atoms with E-state index in [0.29, 0.717) is 17.4 Å². The number of hydrogen-bond acceptors (Lipinski definition) is 1. The molecule has 0 fully saturated rings. The zero-order chi connectivity index (χ0) is 8.55. The van der Waals surface area contributed by atoms with Crippen LogP contribution in [-0.4, -0.2) is 6.29 Å². The van der Waals surface area contributed by atoms with Crippen molar-refractivity contribution in [3.05, 3.63) is 35.8 Å². The Balaban J connectivity index is 2.60. The van der Waals surface area contributed by atoms with Gasteiger partial charge in [0.25, 0.3) is 0 Å². The second-order valence-corrected chi connectivity index (χ2v) is 2.47. The molecule has 1 aliphatic heterocycles. The number of hydrogen-bond donors (Lipinski definition) is 0. The molecule has 1 aromatic rings. The number of benzene rings is 1. The second-order valence-electron chi connectivity index (χ2n) is 2.47. The molecule has 2 rings (SSSR count). The van der Waals surface area contributed by atoms with E-state index in [4.69, 9.17) is 0 Å². The second kappa shape index (κ2) is 2.44. The van der Waals surface area contributed by atoms with Gasteiger partial charge in [0.05, 0.1) is 0 Å². The Kier molecular flexibility index (Phi) is 1.43. The molecule has 0 atom stereocenters. The number of allylic oxidation sites excluding steroid dienone is 1. The number of aldehydes is 1. The highest BCUT2D eigenvalue weighted by Crippen LogP contribution is 2.30. The molecule has 59 valence electrons. The molecule has 0 aliphatic carbocycles. The molecule has 0 amide bonds. The van der Waals surface area contributed by atoms with Crippen LogP contribution >= 0.6 is 0 Å². The van der Waals surface area contributed by atoms with Crippen LogP contribution < -0.4 is 5.32 Å². The smallest absolute Gasteiger partial charge is 0.152 e. The number of carbonyl (C=O) groups excluding carboxylic acids is 1. The van der Waals surface area contributed by atoms with E-state index in [0.717, 1.165) is 0 Å². The largest absolute Gasteiger partial charge is 0.298 e. The van der Waals surface area contributed by atoms with Crippen LogP contribution in [0, 0.1) is 5.82 Å². The molecule has 3 heteroatoms. The molecule has 0 saturated carbocycles. The Hall–Kier alpha value is -1.64. The Morgan fingerprint density at radius 3 is 3.00 bits per heavy atom. The summed E-state index contributed by atoms with van der Waals surface area (Å²) >= 11 is 0. The lowest BCUT2D eigenvalue weighted by atomic mass is 10.1. The van der Waals surface area contributed by atoms with Gasteiger partial charge in [-0.25, -0.2) is 4.39 Å². The van der Waals surface area contributed by atoms with Crippen molar-refractivity contribution >= 4 is 17.5 Å². The molecular formula is C9H5FNO. The van der Waals surface area contributed by atoms with E-state index < -0.39 is 0 Å². The minimum atomic E-state index is -0.388. The first-order valence-corrected chi connectivity index (χ1v) is 3.48. The molecule has 1 radical (unpaired) electrons. The van der Waals surface area contributed by atoms with E-state index in [9.17, 15) is 9.18 Å². The molecular weight excluding hydrogens is 157 g/mol. The normalized spacial score (nSPS) is 13.2. The SMILES string of the molecule is O=CC1=C[N]c2c(F)cccc21. The van der Waals surface area contributed by atoms with Gasteiger partial charge in [0, 0.05) is 17.3 Å². The van der Waals surface area contributed by atoms with E-state index in [1.165, 1.54) is 12.3 Å². The fourth-order valence-corrected chi connectivity index (χ4v) is 1.18. The minimum Gasteiger partial charge on any atom is -0.298 e. The summed E-state index contributed by atoms with van der Waals surface area (Å²) in [6.45, 7) is 0. The Morgan fingerprint density at radius 2 is 2.25 bits per heavy atom. The summed E-state index contributed by atoms with van der Waals surface area (Å²) in [5.41, 5.74) is 1.27. The molecule has 0 saturated heterocycles. The molecule has 0 N–H and O–H groups in total. The van der Waals surface area contributed by atoms with Gasteiger partial charge < -0.3 is 0 Å². The lowest BCUT2D eigenvalue weighted by Crippen LogP contribution is -1.87. The first kappa shape index (κ1) is 7.03. The monoisotopic (exact) mass is 162 g/mol. The summed E-state index contributed by atoms with van der Waals surface area (Å²) in [6.07, 6.45) is 2.05. The van der Waals surface area contributed by atoms with Crippen LogP contribution in [0.1, 0.15) is 5.56 Å².